The van der Waals surface area contributed by atoms with Crippen LogP contribution in [0.25, 0.3) is 0 Å². The Morgan fingerprint density at radius 1 is 0.830 bits per heavy atom. The van der Waals surface area contributed by atoms with Crippen molar-refractivity contribution in [1.29, 1.82) is 5.26 Å². The van der Waals surface area contributed by atoms with Gasteiger partial charge < -0.3 is 25.4 Å². The highest BCUT2D eigenvalue weighted by atomic mass is 16.5. The average Bonchev–Trinajstić information content (AvgIpc) is 3.59. The van der Waals surface area contributed by atoms with Crippen LogP contribution in [0.2, 0.25) is 0 Å². The molecule has 0 atom stereocenters. The third-order valence-corrected chi connectivity index (χ3v) is 8.33. The van der Waals surface area contributed by atoms with E-state index in [2.05, 4.69) is 22.0 Å². The fourth-order valence-corrected chi connectivity index (χ4v) is 5.69. The molecule has 0 aliphatic heterocycles. The number of hydrogen-bond acceptors (Lipinski definition) is 7. The van der Waals surface area contributed by atoms with Gasteiger partial charge in [0.1, 0.15) is 19.0 Å². The molecule has 3 N–H and O–H groups in total. The van der Waals surface area contributed by atoms with Crippen LogP contribution in [0, 0.1) is 18.3 Å². The summed E-state index contributed by atoms with van der Waals surface area (Å²) in [6, 6.07) is 31.7. The lowest BCUT2D eigenvalue weighted by Crippen LogP contribution is -2.49. The Hall–Kier alpha value is -5.62. The summed E-state index contributed by atoms with van der Waals surface area (Å²) < 4.78 is 11.3. The first-order chi connectivity index (χ1) is 22.8. The lowest BCUT2D eigenvalue weighted by molar-refractivity contribution is -0.122. The minimum Gasteiger partial charge on any atom is -0.489 e. The summed E-state index contributed by atoms with van der Waals surface area (Å²) in [6.45, 7) is 2.40. The summed E-state index contributed by atoms with van der Waals surface area (Å²) in [5.41, 5.74) is 4.25. The zero-order valence-corrected chi connectivity index (χ0v) is 26.4. The number of carbonyl (C=O) groups excluding carboxylic acids is 3. The van der Waals surface area contributed by atoms with Crippen molar-refractivity contribution in [2.24, 2.45) is 0 Å². The summed E-state index contributed by atoms with van der Waals surface area (Å²) in [4.78, 5) is 38.9. The van der Waals surface area contributed by atoms with Gasteiger partial charge in [0.05, 0.1) is 23.7 Å². The predicted octanol–water partition coefficient (Wildman–Crippen LogP) is 6.60. The molecule has 2 amide bonds. The highest BCUT2D eigenvalue weighted by Crippen LogP contribution is 2.35. The number of nitrogens with zero attached hydrogens (tertiary/aromatic N) is 1. The van der Waals surface area contributed by atoms with Crippen LogP contribution in [0.1, 0.15) is 63.9 Å². The number of nitriles is 1. The predicted molar refractivity (Wildman–Crippen MR) is 179 cm³/mol. The van der Waals surface area contributed by atoms with Gasteiger partial charge in [0.15, 0.2) is 5.78 Å². The fraction of sp³-hybridized carbons (Fsp3) is 0.263. The van der Waals surface area contributed by atoms with Crippen LogP contribution in [-0.2, 0) is 29.3 Å². The van der Waals surface area contributed by atoms with Crippen LogP contribution in [-0.4, -0.2) is 29.9 Å². The first kappa shape index (κ1) is 32.8. The van der Waals surface area contributed by atoms with Crippen molar-refractivity contribution in [2.75, 3.05) is 11.9 Å². The quantitative estimate of drug-likeness (QED) is 0.152. The van der Waals surface area contributed by atoms with E-state index in [1.165, 1.54) is 0 Å². The molecular formula is C38H38N4O5. The zero-order chi connectivity index (χ0) is 33.1. The van der Waals surface area contributed by atoms with Crippen molar-refractivity contribution >= 4 is 23.5 Å². The number of carbonyl (C=O) groups is 3. The molecule has 0 radical (unpaired) electrons. The van der Waals surface area contributed by atoms with Gasteiger partial charge in [-0.2, -0.15) is 5.26 Å². The van der Waals surface area contributed by atoms with Gasteiger partial charge in [-0.1, -0.05) is 73.5 Å². The molecule has 0 heterocycles. The van der Waals surface area contributed by atoms with E-state index in [4.69, 9.17) is 9.47 Å². The molecule has 1 fully saturated rings. The highest BCUT2D eigenvalue weighted by Gasteiger charge is 2.41. The maximum absolute atomic E-state index is 13.4. The molecule has 4 aromatic carbocycles. The second kappa shape index (κ2) is 15.6. The summed E-state index contributed by atoms with van der Waals surface area (Å²) in [7, 11) is 0. The van der Waals surface area contributed by atoms with Gasteiger partial charge in [-0.15, -0.1) is 0 Å². The van der Waals surface area contributed by atoms with Crippen LogP contribution < -0.4 is 20.7 Å². The number of Topliss-reactive ketones (excluding diaryl/α,β-unsaturated/α-hetero) is 1. The van der Waals surface area contributed by atoms with Gasteiger partial charge in [-0.3, -0.25) is 9.59 Å². The molecule has 240 valence electrons. The van der Waals surface area contributed by atoms with Crippen LogP contribution in [0.15, 0.2) is 97.1 Å². The van der Waals surface area contributed by atoms with E-state index in [1.54, 1.807) is 30.3 Å². The smallest absolute Gasteiger partial charge is 0.407 e. The van der Waals surface area contributed by atoms with Crippen molar-refractivity contribution < 1.29 is 23.9 Å². The third kappa shape index (κ3) is 8.76. The molecule has 0 bridgehead atoms. The van der Waals surface area contributed by atoms with E-state index in [9.17, 15) is 19.6 Å². The van der Waals surface area contributed by atoms with Gasteiger partial charge in [-0.05, 0) is 72.9 Å². The second-order valence-corrected chi connectivity index (χ2v) is 11.7. The van der Waals surface area contributed by atoms with Gasteiger partial charge >= 0.3 is 6.09 Å². The maximum atomic E-state index is 13.4. The molecule has 9 nitrogen and oxygen atoms in total. The van der Waals surface area contributed by atoms with E-state index >= 15 is 0 Å². The first-order valence-electron chi connectivity index (χ1n) is 15.7. The Balaban J connectivity index is 1.18. The second-order valence-electron chi connectivity index (χ2n) is 11.7. The van der Waals surface area contributed by atoms with Gasteiger partial charge in [-0.25, -0.2) is 4.79 Å². The first-order valence-corrected chi connectivity index (χ1v) is 15.7. The fourth-order valence-electron chi connectivity index (χ4n) is 5.69. The molecule has 0 aromatic heterocycles. The zero-order valence-electron chi connectivity index (χ0n) is 26.4. The molecule has 0 saturated heterocycles. The largest absolute Gasteiger partial charge is 0.489 e. The molecule has 5 rings (SSSR count). The average molecular weight is 631 g/mol. The number of aryl methyl sites for hydroxylation is 1. The molecule has 47 heavy (non-hydrogen) atoms. The Morgan fingerprint density at radius 3 is 2.17 bits per heavy atom. The van der Waals surface area contributed by atoms with Crippen molar-refractivity contribution in [1.82, 2.24) is 10.6 Å². The standard InChI is InChI=1S/C38H38N4O5/c1-27-20-31(36(44)40-23-32-21-30(22-39)14-17-34(32)46-25-28-10-4-2-5-11-28)15-16-33(27)42-38(18-8-9-19-38)35(43)24-41-37(45)47-26-29-12-6-3-7-13-29/h2-7,10-17,20-21,42H,8-9,18-19,23-26H2,1H3,(H,40,44)(H,41,45). The lowest BCUT2D eigenvalue weighted by atomic mass is 9.90. The van der Waals surface area contributed by atoms with Gasteiger partial charge in [0, 0.05) is 23.4 Å². The Labute approximate surface area is 274 Å². The summed E-state index contributed by atoms with van der Waals surface area (Å²) in [5, 5.41) is 18.4. The summed E-state index contributed by atoms with van der Waals surface area (Å²) in [5.74, 6) is 0.202. The van der Waals surface area contributed by atoms with Crippen molar-refractivity contribution in [3.05, 3.63) is 130 Å². The SMILES string of the molecule is Cc1cc(C(=O)NCc2cc(C#N)ccc2OCc2ccccc2)ccc1NC1(C(=O)CNC(=O)OCc2ccccc2)CCCC1. The number of ether oxygens (including phenoxy) is 2. The Morgan fingerprint density at radius 2 is 1.51 bits per heavy atom. The monoisotopic (exact) mass is 630 g/mol. The Bertz CT molecular complexity index is 1750. The highest BCUT2D eigenvalue weighted by molar-refractivity contribution is 5.96. The van der Waals surface area contributed by atoms with Crippen molar-refractivity contribution in [3.8, 4) is 11.8 Å². The minimum absolute atomic E-state index is 0.113. The number of anilines is 1. The van der Waals surface area contributed by atoms with Crippen LogP contribution in [0.3, 0.4) is 0 Å². The van der Waals surface area contributed by atoms with E-state index in [0.717, 1.165) is 35.2 Å². The Kier molecular flexibility index (Phi) is 10.9. The summed E-state index contributed by atoms with van der Waals surface area (Å²) >= 11 is 0. The molecule has 0 spiro atoms. The van der Waals surface area contributed by atoms with Crippen molar-refractivity contribution in [2.45, 2.75) is 57.9 Å². The number of nitrogens with one attached hydrogen (secondary N) is 3. The van der Waals surface area contributed by atoms with E-state index in [-0.39, 0.29) is 31.4 Å². The number of rotatable bonds is 13. The van der Waals surface area contributed by atoms with Crippen LogP contribution in [0.5, 0.6) is 5.75 Å². The normalized spacial score (nSPS) is 13.2. The van der Waals surface area contributed by atoms with E-state index < -0.39 is 11.6 Å². The minimum atomic E-state index is -0.816. The van der Waals surface area contributed by atoms with E-state index in [1.807, 2.05) is 73.7 Å². The van der Waals surface area contributed by atoms with Gasteiger partial charge in [0.2, 0.25) is 0 Å². The molecule has 0 unspecified atom stereocenters. The number of amides is 2. The lowest BCUT2D eigenvalue weighted by Gasteiger charge is -2.31. The number of ketones is 1. The van der Waals surface area contributed by atoms with Crippen LogP contribution >= 0.6 is 0 Å². The molecule has 4 aromatic rings. The molecule has 1 saturated carbocycles. The third-order valence-electron chi connectivity index (χ3n) is 8.33. The number of alkyl carbamates (subject to hydrolysis) is 1. The molecule has 9 heteroatoms. The number of benzene rings is 4. The topological polar surface area (TPSA) is 130 Å². The van der Waals surface area contributed by atoms with E-state index in [0.29, 0.717) is 41.9 Å². The maximum Gasteiger partial charge on any atom is 0.407 e. The van der Waals surface area contributed by atoms with Gasteiger partial charge in [0.25, 0.3) is 5.91 Å². The summed E-state index contributed by atoms with van der Waals surface area (Å²) in [6.07, 6.45) is 2.42. The molecule has 1 aliphatic rings. The van der Waals surface area contributed by atoms with Crippen LogP contribution in [0.4, 0.5) is 10.5 Å². The van der Waals surface area contributed by atoms with Crippen molar-refractivity contribution in [3.63, 3.8) is 0 Å². The molecular weight excluding hydrogens is 592 g/mol. The number of hydrogen-bond donors (Lipinski definition) is 3. The molecule has 1 aliphatic carbocycles.